The van der Waals surface area contributed by atoms with Crippen LogP contribution in [0.2, 0.25) is 0 Å². The average molecular weight is 783 g/mol. The van der Waals surface area contributed by atoms with Gasteiger partial charge in [0.05, 0.1) is 22.6 Å². The number of carbonyl (C=O) groups is 5. The molecule has 4 aliphatic heterocycles. The molecule has 3 saturated heterocycles. The van der Waals surface area contributed by atoms with Crippen LogP contribution < -0.4 is 20.7 Å². The number of fused-ring (bicyclic) bond motifs is 2. The Kier molecular flexibility index (Phi) is 9.77. The van der Waals surface area contributed by atoms with Gasteiger partial charge in [-0.1, -0.05) is 18.2 Å². The molecule has 0 aliphatic carbocycles. The maximum atomic E-state index is 13.4. The van der Waals surface area contributed by atoms with Gasteiger partial charge in [-0.05, 0) is 73.9 Å². The highest BCUT2D eigenvalue weighted by Gasteiger charge is 2.45. The standard InChI is InChI=1S/C42H42N10O6/c43-38-36-37(26-6-9-30(10-7-26)58-29-4-2-1-3-5-29)47-52(39(36)45-25-44-38)27-14-17-48(18-15-27)19-16-35(54)50-22-20-49(21-23-50)28-8-11-31-32(24-28)42(57)51(41(31)56)33-12-13-34(53)46-40(33)55/h1-11,24-25,27,33H,12-23H2,(H2,43,44,45)(H,46,53,55). The van der Waals surface area contributed by atoms with Crippen LogP contribution in [0.15, 0.2) is 79.1 Å². The average Bonchev–Trinajstić information content (AvgIpc) is 3.76. The molecule has 3 fully saturated rings. The van der Waals surface area contributed by atoms with Crippen molar-refractivity contribution in [3.63, 3.8) is 0 Å². The summed E-state index contributed by atoms with van der Waals surface area (Å²) in [5.41, 5.74) is 9.98. The number of nitrogens with one attached hydrogen (secondary N) is 1. The molecule has 9 rings (SSSR count). The van der Waals surface area contributed by atoms with Crippen molar-refractivity contribution >= 4 is 52.1 Å². The molecule has 3 N–H and O–H groups in total. The number of anilines is 2. The van der Waals surface area contributed by atoms with E-state index in [1.807, 2.05) is 64.2 Å². The number of piperidine rings is 2. The number of imide groups is 2. The Balaban J connectivity index is 0.776. The van der Waals surface area contributed by atoms with E-state index in [2.05, 4.69) is 25.1 Å². The highest BCUT2D eigenvalue weighted by Crippen LogP contribution is 2.36. The number of hydrogen-bond acceptors (Lipinski definition) is 12. The summed E-state index contributed by atoms with van der Waals surface area (Å²) >= 11 is 0. The van der Waals surface area contributed by atoms with Gasteiger partial charge in [0.2, 0.25) is 17.7 Å². The maximum Gasteiger partial charge on any atom is 0.262 e. The van der Waals surface area contributed by atoms with Crippen molar-refractivity contribution in [3.05, 3.63) is 90.3 Å². The Morgan fingerprint density at radius 3 is 2.28 bits per heavy atom. The highest BCUT2D eigenvalue weighted by atomic mass is 16.5. The SMILES string of the molecule is Nc1ncnc2c1c(-c1ccc(Oc3ccccc3)cc1)nn2C1CCN(CCC(=O)N2CCN(c3ccc4c(c3)C(=O)N(C3CCC(=O)NC3=O)C4=O)CC2)CC1. The van der Waals surface area contributed by atoms with Crippen LogP contribution in [0.25, 0.3) is 22.3 Å². The second-order valence-electron chi connectivity index (χ2n) is 15.1. The highest BCUT2D eigenvalue weighted by molar-refractivity contribution is 6.23. The summed E-state index contributed by atoms with van der Waals surface area (Å²) in [6, 6.07) is 21.6. The van der Waals surface area contributed by atoms with E-state index in [4.69, 9.17) is 15.6 Å². The number of piperazine rings is 1. The summed E-state index contributed by atoms with van der Waals surface area (Å²) in [7, 11) is 0. The van der Waals surface area contributed by atoms with Crippen molar-refractivity contribution in [3.8, 4) is 22.8 Å². The molecule has 0 saturated carbocycles. The first-order valence-electron chi connectivity index (χ1n) is 19.6. The second kappa shape index (κ2) is 15.3. The quantitative estimate of drug-likeness (QED) is 0.207. The molecule has 5 amide bonds. The molecule has 3 aromatic carbocycles. The molecule has 0 spiro atoms. The molecular weight excluding hydrogens is 741 g/mol. The number of rotatable bonds is 9. The number of amides is 5. The third kappa shape index (κ3) is 6.99. The lowest BCUT2D eigenvalue weighted by atomic mass is 10.0. The Labute approximate surface area is 333 Å². The van der Waals surface area contributed by atoms with Crippen LogP contribution in [0.4, 0.5) is 11.5 Å². The van der Waals surface area contributed by atoms with E-state index in [1.54, 1.807) is 18.2 Å². The number of nitrogens with zero attached hydrogens (tertiary/aromatic N) is 8. The van der Waals surface area contributed by atoms with Crippen molar-refractivity contribution < 1.29 is 28.7 Å². The molecule has 2 aromatic heterocycles. The lowest BCUT2D eigenvalue weighted by Crippen LogP contribution is -2.54. The number of nitrogens with two attached hydrogens (primary N) is 1. The molecule has 6 heterocycles. The Bertz CT molecular complexity index is 2420. The van der Waals surface area contributed by atoms with E-state index < -0.39 is 29.7 Å². The molecule has 296 valence electrons. The number of benzene rings is 3. The van der Waals surface area contributed by atoms with Gasteiger partial charge in [0.1, 0.15) is 35.4 Å². The van der Waals surface area contributed by atoms with Crippen molar-refractivity contribution in [1.29, 1.82) is 0 Å². The minimum absolute atomic E-state index is 0.0671. The Morgan fingerprint density at radius 1 is 0.810 bits per heavy atom. The number of nitrogen functional groups attached to an aromatic ring is 1. The van der Waals surface area contributed by atoms with Crippen LogP contribution in [-0.2, 0) is 14.4 Å². The number of aromatic nitrogens is 4. The summed E-state index contributed by atoms with van der Waals surface area (Å²) in [5.74, 6) is -0.157. The zero-order valence-corrected chi connectivity index (χ0v) is 31.8. The molecule has 1 unspecified atom stereocenters. The summed E-state index contributed by atoms with van der Waals surface area (Å²) in [6.07, 6.45) is 3.76. The van der Waals surface area contributed by atoms with Gasteiger partial charge in [0.25, 0.3) is 11.8 Å². The van der Waals surface area contributed by atoms with Gasteiger partial charge in [-0.2, -0.15) is 5.10 Å². The number of para-hydroxylation sites is 1. The maximum absolute atomic E-state index is 13.4. The predicted octanol–water partition coefficient (Wildman–Crippen LogP) is 3.64. The number of ether oxygens (including phenoxy) is 1. The molecule has 58 heavy (non-hydrogen) atoms. The van der Waals surface area contributed by atoms with Crippen LogP contribution >= 0.6 is 0 Å². The van der Waals surface area contributed by atoms with Crippen molar-refractivity contribution in [2.24, 2.45) is 0 Å². The van der Waals surface area contributed by atoms with Crippen LogP contribution in [0.1, 0.15) is 58.9 Å². The molecular formula is C42H42N10O6. The molecule has 16 nitrogen and oxygen atoms in total. The zero-order chi connectivity index (χ0) is 39.9. The van der Waals surface area contributed by atoms with E-state index in [0.29, 0.717) is 56.4 Å². The minimum atomic E-state index is -1.01. The van der Waals surface area contributed by atoms with Crippen LogP contribution in [0, 0.1) is 0 Å². The van der Waals surface area contributed by atoms with Crippen LogP contribution in [0.3, 0.4) is 0 Å². The summed E-state index contributed by atoms with van der Waals surface area (Å²) in [5, 5.41) is 8.00. The molecule has 0 bridgehead atoms. The summed E-state index contributed by atoms with van der Waals surface area (Å²) < 4.78 is 7.97. The zero-order valence-electron chi connectivity index (χ0n) is 31.8. The lowest BCUT2D eigenvalue weighted by Gasteiger charge is -2.37. The summed E-state index contributed by atoms with van der Waals surface area (Å²) in [6.45, 7) is 4.52. The van der Waals surface area contributed by atoms with Crippen molar-refractivity contribution in [2.45, 2.75) is 44.2 Å². The van der Waals surface area contributed by atoms with Gasteiger partial charge < -0.3 is 25.2 Å². The normalized spacial score (nSPS) is 19.2. The molecule has 4 aliphatic rings. The number of carbonyl (C=O) groups excluding carboxylic acids is 5. The van der Waals surface area contributed by atoms with Crippen molar-refractivity contribution in [1.82, 2.24) is 39.8 Å². The smallest absolute Gasteiger partial charge is 0.262 e. The fourth-order valence-corrected chi connectivity index (χ4v) is 8.43. The monoisotopic (exact) mass is 782 g/mol. The molecule has 16 heteroatoms. The van der Waals surface area contributed by atoms with E-state index in [0.717, 1.165) is 58.9 Å². The largest absolute Gasteiger partial charge is 0.457 e. The summed E-state index contributed by atoms with van der Waals surface area (Å²) in [4.78, 5) is 80.0. The van der Waals surface area contributed by atoms with Gasteiger partial charge in [-0.15, -0.1) is 0 Å². The van der Waals surface area contributed by atoms with Gasteiger partial charge in [0, 0.05) is 69.9 Å². The first-order valence-corrected chi connectivity index (χ1v) is 19.6. The first kappa shape index (κ1) is 36.9. The van der Waals surface area contributed by atoms with E-state index >= 15 is 0 Å². The predicted molar refractivity (Wildman–Crippen MR) is 213 cm³/mol. The first-order chi connectivity index (χ1) is 28.2. The molecule has 5 aromatic rings. The van der Waals surface area contributed by atoms with Gasteiger partial charge in [0.15, 0.2) is 5.65 Å². The molecule has 0 radical (unpaired) electrons. The Hall–Kier alpha value is -6.68. The fraction of sp³-hybridized carbons (Fsp3) is 0.333. The topological polar surface area (TPSA) is 189 Å². The van der Waals surface area contributed by atoms with E-state index in [9.17, 15) is 24.0 Å². The number of likely N-dealkylation sites (tertiary alicyclic amines) is 1. The van der Waals surface area contributed by atoms with Gasteiger partial charge in [-0.3, -0.25) is 34.2 Å². The van der Waals surface area contributed by atoms with E-state index in [1.165, 1.54) is 6.33 Å². The van der Waals surface area contributed by atoms with Gasteiger partial charge >= 0.3 is 0 Å². The van der Waals surface area contributed by atoms with Crippen molar-refractivity contribution in [2.75, 3.05) is 56.4 Å². The second-order valence-corrected chi connectivity index (χ2v) is 15.1. The fourth-order valence-electron chi connectivity index (χ4n) is 8.43. The van der Waals surface area contributed by atoms with E-state index in [-0.39, 0.29) is 35.9 Å². The molecule has 1 atom stereocenters. The van der Waals surface area contributed by atoms with Gasteiger partial charge in [-0.25, -0.2) is 14.6 Å². The van der Waals surface area contributed by atoms with Crippen LogP contribution in [-0.4, -0.2) is 116 Å². The third-order valence-electron chi connectivity index (χ3n) is 11.6. The lowest BCUT2D eigenvalue weighted by molar-refractivity contribution is -0.136. The van der Waals surface area contributed by atoms with Crippen LogP contribution in [0.5, 0.6) is 11.5 Å². The minimum Gasteiger partial charge on any atom is -0.457 e. The number of hydrogen-bond donors (Lipinski definition) is 2. The third-order valence-corrected chi connectivity index (χ3v) is 11.6. The Morgan fingerprint density at radius 2 is 1.53 bits per heavy atom.